The summed E-state index contributed by atoms with van der Waals surface area (Å²) in [6.07, 6.45) is 1.72. The summed E-state index contributed by atoms with van der Waals surface area (Å²) in [4.78, 5) is 23.8. The molecule has 0 spiro atoms. The van der Waals surface area contributed by atoms with Gasteiger partial charge in [-0.05, 0) is 71.2 Å². The van der Waals surface area contributed by atoms with Crippen LogP contribution in [0.1, 0.15) is 71.1 Å². The highest BCUT2D eigenvalue weighted by Gasteiger charge is 2.29. The van der Waals surface area contributed by atoms with Crippen LogP contribution < -0.4 is 5.32 Å². The van der Waals surface area contributed by atoms with Crippen LogP contribution >= 0.6 is 11.3 Å². The fourth-order valence-electron chi connectivity index (χ4n) is 5.35. The number of halogens is 2. The van der Waals surface area contributed by atoms with Crippen LogP contribution in [-0.2, 0) is 21.0 Å². The Labute approximate surface area is 263 Å². The minimum atomic E-state index is -3.73. The first kappa shape index (κ1) is 31.1. The van der Waals surface area contributed by atoms with Crippen molar-refractivity contribution in [2.24, 2.45) is 0 Å². The number of fused-ring (bicyclic) bond motifs is 1. The van der Waals surface area contributed by atoms with Gasteiger partial charge in [0.1, 0.15) is 16.8 Å². The van der Waals surface area contributed by atoms with Gasteiger partial charge in [-0.3, -0.25) is 14.5 Å². The standard InChI is InChI=1S/C31H33F2N7O3S2/c1-16-17(2)35-22(15-34-16)13-21-14-24(27-29(37-21)40(30(39-27)28(32)33)26-8-6-7-11-43-26)38-23-10-9-20(12-25(23)45(5,41)42)31-36-18(3)19(4)44-31/h9-10,12,14-15,26,28H,6-8,11,13H2,1-5H3,(H,37,38). The van der Waals surface area contributed by atoms with Crippen molar-refractivity contribution in [1.29, 1.82) is 0 Å². The quantitative estimate of drug-likeness (QED) is 0.189. The van der Waals surface area contributed by atoms with Crippen molar-refractivity contribution in [2.45, 2.75) is 70.9 Å². The van der Waals surface area contributed by atoms with Crippen molar-refractivity contribution < 1.29 is 21.9 Å². The number of hydrogen-bond acceptors (Lipinski definition) is 10. The van der Waals surface area contributed by atoms with Gasteiger partial charge in [-0.15, -0.1) is 11.3 Å². The molecular weight excluding hydrogens is 621 g/mol. The molecule has 14 heteroatoms. The fourth-order valence-corrected chi connectivity index (χ4v) is 7.12. The molecule has 1 aliphatic heterocycles. The van der Waals surface area contributed by atoms with E-state index in [1.807, 2.05) is 27.7 Å². The summed E-state index contributed by atoms with van der Waals surface area (Å²) in [7, 11) is -3.73. The zero-order valence-corrected chi connectivity index (χ0v) is 27.2. The average molecular weight is 654 g/mol. The SMILES string of the molecule is Cc1ncc(Cc2cc(Nc3ccc(-c4nc(C)c(C)s4)cc3S(C)(=O)=O)c3nc(C(F)F)n(C4CCCCO4)c3n2)nc1C. The van der Waals surface area contributed by atoms with Crippen molar-refractivity contribution in [1.82, 2.24) is 29.5 Å². The minimum absolute atomic E-state index is 0.0428. The predicted molar refractivity (Wildman–Crippen MR) is 169 cm³/mol. The van der Waals surface area contributed by atoms with Gasteiger partial charge in [0.25, 0.3) is 6.43 Å². The summed E-state index contributed by atoms with van der Waals surface area (Å²) in [6.45, 7) is 8.05. The van der Waals surface area contributed by atoms with E-state index in [0.29, 0.717) is 40.7 Å². The zero-order valence-electron chi connectivity index (χ0n) is 25.6. The molecule has 1 aromatic carbocycles. The molecule has 1 atom stereocenters. The number of nitrogens with zero attached hydrogens (tertiary/aromatic N) is 6. The molecule has 45 heavy (non-hydrogen) atoms. The summed E-state index contributed by atoms with van der Waals surface area (Å²) in [5.41, 5.74) is 5.31. The maximum Gasteiger partial charge on any atom is 0.295 e. The van der Waals surface area contributed by atoms with E-state index in [1.54, 1.807) is 30.5 Å². The number of sulfone groups is 1. The average Bonchev–Trinajstić information content (AvgIpc) is 3.55. The van der Waals surface area contributed by atoms with Crippen LogP contribution in [0.3, 0.4) is 0 Å². The van der Waals surface area contributed by atoms with Crippen LogP contribution in [-0.4, -0.2) is 50.8 Å². The molecule has 5 aromatic rings. The summed E-state index contributed by atoms with van der Waals surface area (Å²) < 4.78 is 62.4. The van der Waals surface area contributed by atoms with E-state index in [-0.39, 0.29) is 28.2 Å². The van der Waals surface area contributed by atoms with E-state index in [9.17, 15) is 17.2 Å². The van der Waals surface area contributed by atoms with E-state index < -0.39 is 28.3 Å². The Bertz CT molecular complexity index is 2000. The lowest BCUT2D eigenvalue weighted by atomic mass is 10.1. The molecule has 0 aliphatic carbocycles. The topological polar surface area (TPSA) is 125 Å². The lowest BCUT2D eigenvalue weighted by Gasteiger charge is -2.25. The number of alkyl halides is 2. The molecule has 1 unspecified atom stereocenters. The van der Waals surface area contributed by atoms with E-state index in [1.165, 1.54) is 15.9 Å². The highest BCUT2D eigenvalue weighted by atomic mass is 32.2. The van der Waals surface area contributed by atoms with Crippen molar-refractivity contribution in [3.05, 3.63) is 69.6 Å². The Hall–Kier alpha value is -3.88. The first-order valence-corrected chi connectivity index (χ1v) is 17.3. The molecular formula is C31H33F2N7O3S2. The molecule has 6 rings (SSSR count). The van der Waals surface area contributed by atoms with Gasteiger partial charge in [0.15, 0.2) is 21.3 Å². The maximum absolute atomic E-state index is 14.5. The summed E-state index contributed by atoms with van der Waals surface area (Å²) in [6, 6.07) is 6.73. The van der Waals surface area contributed by atoms with Crippen LogP contribution in [0.4, 0.5) is 20.2 Å². The molecule has 0 bridgehead atoms. The van der Waals surface area contributed by atoms with Gasteiger partial charge in [0, 0.05) is 35.9 Å². The van der Waals surface area contributed by atoms with Crippen molar-refractivity contribution >= 4 is 43.7 Å². The molecule has 1 fully saturated rings. The van der Waals surface area contributed by atoms with Gasteiger partial charge in [-0.2, -0.15) is 0 Å². The highest BCUT2D eigenvalue weighted by Crippen LogP contribution is 2.38. The molecule has 1 N–H and O–H groups in total. The third-order valence-corrected chi connectivity index (χ3v) is 10.2. The van der Waals surface area contributed by atoms with E-state index in [2.05, 4.69) is 25.3 Å². The third-order valence-electron chi connectivity index (χ3n) is 7.90. The minimum Gasteiger partial charge on any atom is -0.358 e. The van der Waals surface area contributed by atoms with Gasteiger partial charge < -0.3 is 10.1 Å². The Kier molecular flexibility index (Phi) is 8.39. The van der Waals surface area contributed by atoms with Gasteiger partial charge in [0.05, 0.1) is 44.7 Å². The van der Waals surface area contributed by atoms with Gasteiger partial charge in [-0.25, -0.2) is 32.2 Å². The number of imidazole rings is 1. The number of hydrogen-bond donors (Lipinski definition) is 1. The van der Waals surface area contributed by atoms with Gasteiger partial charge in [-0.1, -0.05) is 0 Å². The molecule has 1 saturated heterocycles. The van der Waals surface area contributed by atoms with Crippen LogP contribution in [0, 0.1) is 27.7 Å². The molecule has 0 radical (unpaired) electrons. The predicted octanol–water partition coefficient (Wildman–Crippen LogP) is 6.95. The molecule has 5 heterocycles. The number of ether oxygens (including phenoxy) is 1. The molecule has 0 saturated carbocycles. The molecule has 0 amide bonds. The monoisotopic (exact) mass is 653 g/mol. The molecule has 1 aliphatic rings. The van der Waals surface area contributed by atoms with E-state index >= 15 is 0 Å². The van der Waals surface area contributed by atoms with Gasteiger partial charge in [0.2, 0.25) is 0 Å². The van der Waals surface area contributed by atoms with Crippen LogP contribution in [0.25, 0.3) is 21.7 Å². The maximum atomic E-state index is 14.5. The molecule has 236 valence electrons. The second-order valence-electron chi connectivity index (χ2n) is 11.3. The summed E-state index contributed by atoms with van der Waals surface area (Å²) in [5, 5.41) is 3.92. The second kappa shape index (κ2) is 12.1. The third kappa shape index (κ3) is 6.31. The fraction of sp³-hybridized carbons (Fsp3) is 0.387. The van der Waals surface area contributed by atoms with Crippen LogP contribution in [0.2, 0.25) is 0 Å². The number of thiazole rings is 1. The number of rotatable bonds is 8. The largest absolute Gasteiger partial charge is 0.358 e. The Morgan fingerprint density at radius 3 is 2.44 bits per heavy atom. The number of nitrogens with one attached hydrogen (secondary N) is 1. The van der Waals surface area contributed by atoms with Crippen molar-refractivity contribution in [3.63, 3.8) is 0 Å². The Morgan fingerprint density at radius 1 is 1.00 bits per heavy atom. The van der Waals surface area contributed by atoms with Crippen LogP contribution in [0.15, 0.2) is 35.4 Å². The smallest absolute Gasteiger partial charge is 0.295 e. The first-order chi connectivity index (χ1) is 21.4. The summed E-state index contributed by atoms with van der Waals surface area (Å²) in [5.74, 6) is -0.455. The van der Waals surface area contributed by atoms with Crippen molar-refractivity contribution in [3.8, 4) is 10.6 Å². The Morgan fingerprint density at radius 2 is 1.80 bits per heavy atom. The zero-order chi connectivity index (χ0) is 32.0. The number of aromatic nitrogens is 6. The first-order valence-electron chi connectivity index (χ1n) is 14.5. The van der Waals surface area contributed by atoms with Crippen LogP contribution in [0.5, 0.6) is 0 Å². The van der Waals surface area contributed by atoms with E-state index in [0.717, 1.165) is 41.1 Å². The normalized spacial score (nSPS) is 15.7. The van der Waals surface area contributed by atoms with Crippen molar-refractivity contribution in [2.75, 3.05) is 18.2 Å². The number of pyridine rings is 1. The number of anilines is 2. The summed E-state index contributed by atoms with van der Waals surface area (Å²) >= 11 is 1.48. The highest BCUT2D eigenvalue weighted by molar-refractivity contribution is 7.90. The Balaban J connectivity index is 1.52. The number of benzene rings is 1. The second-order valence-corrected chi connectivity index (χ2v) is 14.5. The number of aryl methyl sites for hydroxylation is 4. The lowest BCUT2D eigenvalue weighted by molar-refractivity contribution is -0.0363. The lowest BCUT2D eigenvalue weighted by Crippen LogP contribution is -2.20. The molecule has 10 nitrogen and oxygen atoms in total. The molecule has 4 aromatic heterocycles. The van der Waals surface area contributed by atoms with Gasteiger partial charge >= 0.3 is 0 Å². The van der Waals surface area contributed by atoms with E-state index in [4.69, 9.17) is 9.72 Å².